The maximum absolute atomic E-state index is 13.0. The van der Waals surface area contributed by atoms with Gasteiger partial charge in [0.1, 0.15) is 5.82 Å². The lowest BCUT2D eigenvalue weighted by molar-refractivity contribution is -0.192. The summed E-state index contributed by atoms with van der Waals surface area (Å²) in [6.45, 7) is 5.71. The van der Waals surface area contributed by atoms with Gasteiger partial charge in [-0.3, -0.25) is 9.69 Å². The summed E-state index contributed by atoms with van der Waals surface area (Å²) in [6.07, 6.45) is -3.69. The van der Waals surface area contributed by atoms with Crippen molar-refractivity contribution in [2.75, 3.05) is 53.0 Å². The van der Waals surface area contributed by atoms with Crippen LogP contribution < -0.4 is 0 Å². The Kier molecular flexibility index (Phi) is 9.85. The zero-order valence-corrected chi connectivity index (χ0v) is 17.8. The maximum atomic E-state index is 13.0. The fraction of sp³-hybridized carbons (Fsp3) is 0.619. The number of alkyl halides is 3. The highest BCUT2D eigenvalue weighted by molar-refractivity contribution is 5.79. The normalized spacial score (nSPS) is 21.7. The number of carboxylic acids is 1. The first-order chi connectivity index (χ1) is 15.1. The third kappa shape index (κ3) is 8.36. The molecule has 2 heterocycles. The number of hydrogen-bond donors (Lipinski definition) is 1. The molecule has 2 saturated heterocycles. The molecule has 180 valence electrons. The highest BCUT2D eigenvalue weighted by Crippen LogP contribution is 2.24. The van der Waals surface area contributed by atoms with Crippen molar-refractivity contribution in [2.45, 2.75) is 25.1 Å². The van der Waals surface area contributed by atoms with Gasteiger partial charge < -0.3 is 19.5 Å². The summed E-state index contributed by atoms with van der Waals surface area (Å²) in [7, 11) is 1.72. The second kappa shape index (κ2) is 12.1. The van der Waals surface area contributed by atoms with Gasteiger partial charge in [0.05, 0.1) is 25.7 Å². The molecule has 0 unspecified atom stereocenters. The van der Waals surface area contributed by atoms with Crippen LogP contribution in [0.3, 0.4) is 0 Å². The largest absolute Gasteiger partial charge is 0.490 e. The third-order valence-electron chi connectivity index (χ3n) is 5.40. The predicted molar refractivity (Wildman–Crippen MR) is 107 cm³/mol. The van der Waals surface area contributed by atoms with Gasteiger partial charge in [0.25, 0.3) is 0 Å². The van der Waals surface area contributed by atoms with E-state index in [1.54, 1.807) is 19.2 Å². The molecule has 7 nitrogen and oxygen atoms in total. The van der Waals surface area contributed by atoms with Crippen LogP contribution in [0.2, 0.25) is 0 Å². The molecule has 32 heavy (non-hydrogen) atoms. The Morgan fingerprint density at radius 3 is 2.44 bits per heavy atom. The van der Waals surface area contributed by atoms with Crippen LogP contribution in [0, 0.1) is 11.7 Å². The summed E-state index contributed by atoms with van der Waals surface area (Å²) < 4.78 is 55.9. The second-order valence-electron chi connectivity index (χ2n) is 7.70. The van der Waals surface area contributed by atoms with Gasteiger partial charge in [0, 0.05) is 45.8 Å². The monoisotopic (exact) mass is 464 g/mol. The van der Waals surface area contributed by atoms with Gasteiger partial charge in [0.2, 0.25) is 5.91 Å². The minimum Gasteiger partial charge on any atom is -0.475 e. The van der Waals surface area contributed by atoms with E-state index in [2.05, 4.69) is 4.90 Å². The van der Waals surface area contributed by atoms with E-state index in [-0.39, 0.29) is 17.8 Å². The minimum atomic E-state index is -5.08. The minimum absolute atomic E-state index is 0.0918. The summed E-state index contributed by atoms with van der Waals surface area (Å²) in [4.78, 5) is 25.8. The molecule has 1 aromatic rings. The van der Waals surface area contributed by atoms with Gasteiger partial charge in [0.15, 0.2) is 0 Å². The zero-order valence-electron chi connectivity index (χ0n) is 17.8. The lowest BCUT2D eigenvalue weighted by Crippen LogP contribution is -2.49. The summed E-state index contributed by atoms with van der Waals surface area (Å²) in [5.74, 6) is -2.47. The first-order valence-corrected chi connectivity index (χ1v) is 10.3. The fourth-order valence-corrected chi connectivity index (χ4v) is 3.66. The lowest BCUT2D eigenvalue weighted by Gasteiger charge is -2.38. The average Bonchev–Trinajstić information content (AvgIpc) is 2.94. The van der Waals surface area contributed by atoms with Gasteiger partial charge in [-0.25, -0.2) is 9.18 Å². The number of carboxylic acid groups (broad SMARTS) is 1. The smallest absolute Gasteiger partial charge is 0.475 e. The van der Waals surface area contributed by atoms with Crippen molar-refractivity contribution in [1.29, 1.82) is 0 Å². The molecular weight excluding hydrogens is 436 g/mol. The summed E-state index contributed by atoms with van der Waals surface area (Å²) >= 11 is 0. The highest BCUT2D eigenvalue weighted by atomic mass is 19.4. The summed E-state index contributed by atoms with van der Waals surface area (Å²) in [6, 6.07) is 6.15. The van der Waals surface area contributed by atoms with E-state index >= 15 is 0 Å². The number of piperidine rings is 1. The number of carbonyl (C=O) groups is 2. The molecule has 1 aromatic carbocycles. The first-order valence-electron chi connectivity index (χ1n) is 10.3. The molecule has 0 aliphatic carbocycles. The number of benzene rings is 1. The number of aliphatic carboxylic acids is 1. The van der Waals surface area contributed by atoms with E-state index < -0.39 is 12.1 Å². The van der Waals surface area contributed by atoms with E-state index in [0.29, 0.717) is 25.5 Å². The van der Waals surface area contributed by atoms with Crippen LogP contribution in [0.25, 0.3) is 0 Å². The first kappa shape index (κ1) is 26.0. The van der Waals surface area contributed by atoms with Crippen molar-refractivity contribution >= 4 is 11.9 Å². The van der Waals surface area contributed by atoms with E-state index in [1.807, 2.05) is 4.90 Å². The standard InChI is InChI=1S/C19H27FN2O3.C2HF3O2/c1-24-10-8-21-9-11-25-18-14-22(7-6-16(18)13-21)19(23)12-15-2-4-17(20)5-3-15;3-2(4,5)1(6)7/h2-5,16,18H,6-14H2,1H3;(H,6,7)/t16-,18-;/m1./s1. The van der Waals surface area contributed by atoms with Crippen LogP contribution in [-0.2, 0) is 25.5 Å². The Bertz CT molecular complexity index is 745. The van der Waals surface area contributed by atoms with E-state index in [9.17, 15) is 22.4 Å². The SMILES string of the molecule is COCCN1CCO[C@@H]2CN(C(=O)Cc3ccc(F)cc3)CC[C@@H]2C1.O=C(O)C(F)(F)F. The summed E-state index contributed by atoms with van der Waals surface area (Å²) in [5.41, 5.74) is 0.848. The zero-order chi connectivity index (χ0) is 23.7. The quantitative estimate of drug-likeness (QED) is 0.674. The van der Waals surface area contributed by atoms with Crippen molar-refractivity contribution in [3.8, 4) is 0 Å². The van der Waals surface area contributed by atoms with Gasteiger partial charge in [-0.15, -0.1) is 0 Å². The molecule has 0 aromatic heterocycles. The van der Waals surface area contributed by atoms with Crippen LogP contribution >= 0.6 is 0 Å². The fourth-order valence-electron chi connectivity index (χ4n) is 3.66. The number of hydrogen-bond acceptors (Lipinski definition) is 5. The molecule has 0 bridgehead atoms. The Balaban J connectivity index is 0.000000451. The van der Waals surface area contributed by atoms with Crippen LogP contribution in [0.15, 0.2) is 24.3 Å². The van der Waals surface area contributed by atoms with Crippen molar-refractivity contribution in [2.24, 2.45) is 5.92 Å². The van der Waals surface area contributed by atoms with Crippen LogP contribution in [0.5, 0.6) is 0 Å². The molecule has 2 aliphatic rings. The molecule has 2 aliphatic heterocycles. The molecule has 2 fully saturated rings. The number of nitrogens with zero attached hydrogens (tertiary/aromatic N) is 2. The maximum Gasteiger partial charge on any atom is 0.490 e. The number of rotatable bonds is 5. The lowest BCUT2D eigenvalue weighted by atomic mass is 9.93. The van der Waals surface area contributed by atoms with E-state index in [1.165, 1.54) is 12.1 Å². The van der Waals surface area contributed by atoms with E-state index in [4.69, 9.17) is 19.4 Å². The number of fused-ring (bicyclic) bond motifs is 1. The van der Waals surface area contributed by atoms with Crippen LogP contribution in [0.4, 0.5) is 17.6 Å². The van der Waals surface area contributed by atoms with Crippen LogP contribution in [0.1, 0.15) is 12.0 Å². The number of halogens is 4. The third-order valence-corrected chi connectivity index (χ3v) is 5.40. The van der Waals surface area contributed by atoms with Crippen LogP contribution in [-0.4, -0.2) is 92.1 Å². The number of ether oxygens (including phenoxy) is 2. The number of carbonyl (C=O) groups excluding carboxylic acids is 1. The van der Waals surface area contributed by atoms with Crippen molar-refractivity contribution in [1.82, 2.24) is 9.80 Å². The predicted octanol–water partition coefficient (Wildman–Crippen LogP) is 2.20. The highest BCUT2D eigenvalue weighted by Gasteiger charge is 2.38. The molecule has 1 amide bonds. The molecule has 3 rings (SSSR count). The van der Waals surface area contributed by atoms with Crippen molar-refractivity contribution < 1.29 is 41.7 Å². The molecule has 1 N–H and O–H groups in total. The molecule has 0 saturated carbocycles. The van der Waals surface area contributed by atoms with Gasteiger partial charge in [-0.05, 0) is 24.1 Å². The molecule has 11 heteroatoms. The van der Waals surface area contributed by atoms with E-state index in [0.717, 1.165) is 44.8 Å². The van der Waals surface area contributed by atoms with Gasteiger partial charge in [-0.1, -0.05) is 12.1 Å². The van der Waals surface area contributed by atoms with Gasteiger partial charge >= 0.3 is 12.1 Å². The number of likely N-dealkylation sites (tertiary alicyclic amines) is 1. The molecule has 0 radical (unpaired) electrons. The van der Waals surface area contributed by atoms with Crippen molar-refractivity contribution in [3.63, 3.8) is 0 Å². The molecule has 0 spiro atoms. The summed E-state index contributed by atoms with van der Waals surface area (Å²) in [5, 5.41) is 7.12. The Morgan fingerprint density at radius 1 is 1.19 bits per heavy atom. The van der Waals surface area contributed by atoms with Crippen molar-refractivity contribution in [3.05, 3.63) is 35.6 Å². The Hall–Kier alpha value is -2.24. The topological polar surface area (TPSA) is 79.3 Å². The molecule has 2 atom stereocenters. The average molecular weight is 464 g/mol. The molecular formula is C21H28F4N2O5. The second-order valence-corrected chi connectivity index (χ2v) is 7.70. The Morgan fingerprint density at radius 2 is 1.84 bits per heavy atom. The Labute approximate surface area is 183 Å². The number of amides is 1. The number of methoxy groups -OCH3 is 1. The van der Waals surface area contributed by atoms with Gasteiger partial charge in [-0.2, -0.15) is 13.2 Å².